The summed E-state index contributed by atoms with van der Waals surface area (Å²) in [5, 5.41) is 2.94. The maximum atomic E-state index is 12.2. The van der Waals surface area contributed by atoms with Gasteiger partial charge in [0.15, 0.2) is 0 Å². The van der Waals surface area contributed by atoms with Gasteiger partial charge in [-0.2, -0.15) is 0 Å². The number of anilines is 1. The van der Waals surface area contributed by atoms with Gasteiger partial charge in [0.1, 0.15) is 0 Å². The lowest BCUT2D eigenvalue weighted by Gasteiger charge is -2.09. The van der Waals surface area contributed by atoms with E-state index >= 15 is 0 Å². The summed E-state index contributed by atoms with van der Waals surface area (Å²) < 4.78 is 0. The van der Waals surface area contributed by atoms with Gasteiger partial charge in [0.2, 0.25) is 0 Å². The molecule has 0 aromatic heterocycles. The predicted octanol–water partition coefficient (Wildman–Crippen LogP) is 3.06. The Bertz CT molecular complexity index is 603. The molecule has 0 spiro atoms. The molecule has 0 aliphatic rings. The number of hydrogen-bond donors (Lipinski definition) is 2. The molecule has 1 amide bonds. The van der Waals surface area contributed by atoms with Crippen molar-refractivity contribution < 1.29 is 4.79 Å². The van der Waals surface area contributed by atoms with E-state index in [1.54, 1.807) is 0 Å². The molecule has 2 rings (SSSR count). The number of carbonyl (C=O) groups is 1. The second-order valence-corrected chi connectivity index (χ2v) is 5.01. The van der Waals surface area contributed by atoms with Crippen LogP contribution in [0.5, 0.6) is 0 Å². The summed E-state index contributed by atoms with van der Waals surface area (Å²) in [5.74, 6) is -0.0868. The molecule has 3 heteroatoms. The van der Waals surface area contributed by atoms with Crippen molar-refractivity contribution in [3.05, 3.63) is 64.7 Å². The van der Waals surface area contributed by atoms with Crippen LogP contribution in [0.2, 0.25) is 0 Å². The van der Waals surface area contributed by atoms with Crippen molar-refractivity contribution in [3.63, 3.8) is 0 Å². The van der Waals surface area contributed by atoms with Crippen LogP contribution < -0.4 is 11.1 Å². The molecule has 20 heavy (non-hydrogen) atoms. The molecule has 0 bridgehead atoms. The lowest BCUT2D eigenvalue weighted by Crippen LogP contribution is -2.13. The van der Waals surface area contributed by atoms with E-state index < -0.39 is 0 Å². The number of carbonyl (C=O) groups excluding carboxylic acids is 1. The monoisotopic (exact) mass is 268 g/mol. The molecule has 0 saturated carbocycles. The highest BCUT2D eigenvalue weighted by Gasteiger charge is 2.07. The largest absolute Gasteiger partial charge is 0.330 e. The lowest BCUT2D eigenvalue weighted by molar-refractivity contribution is 0.102. The van der Waals surface area contributed by atoms with Gasteiger partial charge >= 0.3 is 0 Å². The Morgan fingerprint density at radius 2 is 1.80 bits per heavy atom. The Kier molecular flexibility index (Phi) is 4.53. The predicted molar refractivity (Wildman–Crippen MR) is 83.1 cm³/mol. The number of rotatable bonds is 4. The number of hydrogen-bond acceptors (Lipinski definition) is 2. The van der Waals surface area contributed by atoms with E-state index in [-0.39, 0.29) is 5.91 Å². The Morgan fingerprint density at radius 3 is 2.40 bits per heavy atom. The van der Waals surface area contributed by atoms with E-state index in [9.17, 15) is 4.79 Å². The van der Waals surface area contributed by atoms with Crippen LogP contribution in [-0.4, -0.2) is 12.5 Å². The van der Waals surface area contributed by atoms with Crippen molar-refractivity contribution in [1.82, 2.24) is 0 Å². The minimum Gasteiger partial charge on any atom is -0.330 e. The maximum absolute atomic E-state index is 12.2. The van der Waals surface area contributed by atoms with Crippen molar-refractivity contribution in [3.8, 4) is 0 Å². The molecule has 0 heterocycles. The molecule has 0 aliphatic heterocycles. The van der Waals surface area contributed by atoms with E-state index in [4.69, 9.17) is 5.73 Å². The maximum Gasteiger partial charge on any atom is 0.255 e. The molecule has 2 aromatic carbocycles. The van der Waals surface area contributed by atoms with Gasteiger partial charge in [0.05, 0.1) is 0 Å². The Labute approximate surface area is 119 Å². The number of nitrogens with two attached hydrogens (primary N) is 1. The summed E-state index contributed by atoms with van der Waals surface area (Å²) in [6.45, 7) is 4.65. The second-order valence-electron chi connectivity index (χ2n) is 5.01. The summed E-state index contributed by atoms with van der Waals surface area (Å²) in [6, 6.07) is 13.6. The van der Waals surface area contributed by atoms with Gasteiger partial charge in [-0.05, 0) is 56.1 Å². The van der Waals surface area contributed by atoms with Crippen LogP contribution in [0.15, 0.2) is 42.5 Å². The minimum atomic E-state index is -0.0868. The van der Waals surface area contributed by atoms with E-state index in [1.807, 2.05) is 50.2 Å². The van der Waals surface area contributed by atoms with Crippen molar-refractivity contribution in [2.75, 3.05) is 11.9 Å². The highest BCUT2D eigenvalue weighted by atomic mass is 16.1. The summed E-state index contributed by atoms with van der Waals surface area (Å²) in [6.07, 6.45) is 0.832. The summed E-state index contributed by atoms with van der Waals surface area (Å²) in [7, 11) is 0. The molecular formula is C17H20N2O. The quantitative estimate of drug-likeness (QED) is 0.895. The first-order valence-corrected chi connectivity index (χ1v) is 6.78. The van der Waals surface area contributed by atoms with Gasteiger partial charge in [-0.15, -0.1) is 0 Å². The van der Waals surface area contributed by atoms with Crippen LogP contribution in [0.3, 0.4) is 0 Å². The van der Waals surface area contributed by atoms with E-state index in [1.165, 1.54) is 5.56 Å². The zero-order valence-corrected chi connectivity index (χ0v) is 11.9. The van der Waals surface area contributed by atoms with Crippen LogP contribution in [0.1, 0.15) is 27.0 Å². The fourth-order valence-corrected chi connectivity index (χ4v) is 2.14. The fraction of sp³-hybridized carbons (Fsp3) is 0.235. The normalized spacial score (nSPS) is 10.3. The zero-order chi connectivity index (χ0) is 14.5. The fourth-order valence-electron chi connectivity index (χ4n) is 2.14. The van der Waals surface area contributed by atoms with Crippen LogP contribution in [-0.2, 0) is 6.42 Å². The topological polar surface area (TPSA) is 55.1 Å². The van der Waals surface area contributed by atoms with Gasteiger partial charge in [0, 0.05) is 11.3 Å². The Morgan fingerprint density at radius 1 is 1.10 bits per heavy atom. The average molecular weight is 268 g/mol. The van der Waals surface area contributed by atoms with Gasteiger partial charge in [0.25, 0.3) is 5.91 Å². The second kappa shape index (κ2) is 6.35. The first-order chi connectivity index (χ1) is 9.60. The zero-order valence-electron chi connectivity index (χ0n) is 11.9. The van der Waals surface area contributed by atoms with E-state index in [0.717, 1.165) is 23.2 Å². The number of nitrogens with one attached hydrogen (secondary N) is 1. The van der Waals surface area contributed by atoms with Crippen LogP contribution in [0.25, 0.3) is 0 Å². The minimum absolute atomic E-state index is 0.0868. The molecule has 0 unspecified atom stereocenters. The van der Waals surface area contributed by atoms with Crippen LogP contribution >= 0.6 is 0 Å². The van der Waals surface area contributed by atoms with Gasteiger partial charge < -0.3 is 11.1 Å². The average Bonchev–Trinajstić information content (AvgIpc) is 2.43. The van der Waals surface area contributed by atoms with E-state index in [2.05, 4.69) is 11.4 Å². The van der Waals surface area contributed by atoms with Crippen molar-refractivity contribution in [1.29, 1.82) is 0 Å². The third-order valence-electron chi connectivity index (χ3n) is 3.28. The highest BCUT2D eigenvalue weighted by molar-refractivity contribution is 6.04. The Balaban J connectivity index is 2.11. The Hall–Kier alpha value is -2.13. The van der Waals surface area contributed by atoms with Gasteiger partial charge in [-0.1, -0.05) is 29.8 Å². The molecule has 0 atom stereocenters. The molecule has 0 fully saturated rings. The van der Waals surface area contributed by atoms with Crippen LogP contribution in [0.4, 0.5) is 5.69 Å². The highest BCUT2D eigenvalue weighted by Crippen LogP contribution is 2.17. The van der Waals surface area contributed by atoms with E-state index in [0.29, 0.717) is 12.1 Å². The number of aryl methyl sites for hydroxylation is 2. The van der Waals surface area contributed by atoms with Gasteiger partial charge in [-0.25, -0.2) is 0 Å². The molecule has 0 saturated heterocycles. The summed E-state index contributed by atoms with van der Waals surface area (Å²) in [4.78, 5) is 12.2. The molecule has 3 nitrogen and oxygen atoms in total. The first-order valence-electron chi connectivity index (χ1n) is 6.78. The molecule has 2 aromatic rings. The molecule has 3 N–H and O–H groups in total. The molecule has 0 aliphatic carbocycles. The third kappa shape index (κ3) is 3.45. The molecule has 104 valence electrons. The lowest BCUT2D eigenvalue weighted by atomic mass is 10.1. The standard InChI is InChI=1S/C17H20N2O/c1-12-3-8-16(13(2)11-12)19-17(20)15-6-4-14(5-7-15)9-10-18/h3-8,11H,9-10,18H2,1-2H3,(H,19,20). The van der Waals surface area contributed by atoms with Crippen molar-refractivity contribution in [2.45, 2.75) is 20.3 Å². The number of benzene rings is 2. The van der Waals surface area contributed by atoms with Crippen molar-refractivity contribution in [2.24, 2.45) is 5.73 Å². The van der Waals surface area contributed by atoms with Crippen LogP contribution in [0, 0.1) is 13.8 Å². The van der Waals surface area contributed by atoms with Gasteiger partial charge in [-0.3, -0.25) is 4.79 Å². The first kappa shape index (κ1) is 14.3. The molecular weight excluding hydrogens is 248 g/mol. The summed E-state index contributed by atoms with van der Waals surface area (Å²) >= 11 is 0. The molecule has 0 radical (unpaired) electrons. The van der Waals surface area contributed by atoms with Crippen molar-refractivity contribution >= 4 is 11.6 Å². The SMILES string of the molecule is Cc1ccc(NC(=O)c2ccc(CCN)cc2)c(C)c1. The summed E-state index contributed by atoms with van der Waals surface area (Å²) in [5.41, 5.74) is 10.4. The third-order valence-corrected chi connectivity index (χ3v) is 3.28. The number of amides is 1. The smallest absolute Gasteiger partial charge is 0.255 e.